The number of hydrogen-bond acceptors (Lipinski definition) is 6. The Morgan fingerprint density at radius 3 is 3.17 bits per heavy atom. The number of thioether (sulfide) groups is 1. The van der Waals surface area contributed by atoms with Gasteiger partial charge in [-0.05, 0) is 11.4 Å². The smallest absolute Gasteiger partial charge is 0.236 e. The molecule has 0 bridgehead atoms. The average molecular weight is 278 g/mol. The highest BCUT2D eigenvalue weighted by Crippen LogP contribution is 2.26. The summed E-state index contributed by atoms with van der Waals surface area (Å²) in [6.07, 6.45) is 3.38. The third-order valence-corrected chi connectivity index (χ3v) is 4.23. The first-order valence-corrected chi connectivity index (χ1v) is 7.14. The van der Waals surface area contributed by atoms with Crippen LogP contribution in [0.2, 0.25) is 0 Å². The van der Waals surface area contributed by atoms with Crippen LogP contribution in [-0.4, -0.2) is 19.7 Å². The van der Waals surface area contributed by atoms with Gasteiger partial charge in [-0.15, -0.1) is 21.5 Å². The van der Waals surface area contributed by atoms with Crippen LogP contribution in [-0.2, 0) is 12.8 Å². The molecule has 3 aromatic rings. The van der Waals surface area contributed by atoms with Crippen molar-refractivity contribution in [2.45, 2.75) is 10.9 Å². The van der Waals surface area contributed by atoms with E-state index < -0.39 is 0 Å². The molecule has 0 spiro atoms. The molecule has 0 aliphatic rings. The average Bonchev–Trinajstić information content (AvgIpc) is 3.08. The van der Waals surface area contributed by atoms with E-state index in [2.05, 4.69) is 15.2 Å². The minimum Gasteiger partial charge on any atom is -0.444 e. The molecule has 5 nitrogen and oxygen atoms in total. The van der Waals surface area contributed by atoms with Crippen molar-refractivity contribution in [2.75, 3.05) is 0 Å². The summed E-state index contributed by atoms with van der Waals surface area (Å²) >= 11 is 3.21. The molecule has 0 fully saturated rings. The molecule has 0 amide bonds. The van der Waals surface area contributed by atoms with Gasteiger partial charge >= 0.3 is 0 Å². The maximum Gasteiger partial charge on any atom is 0.236 e. The Balaban J connectivity index is 1.69. The van der Waals surface area contributed by atoms with E-state index in [0.29, 0.717) is 5.89 Å². The fourth-order valence-corrected chi connectivity index (χ4v) is 2.85. The standard InChI is InChI=1S/C11H10N4OS2/c1-15-7-12-14-11(15)18-6-8-5-16-10(13-8)9-3-2-4-17-9/h2-5,7H,6H2,1H3. The molecule has 92 valence electrons. The predicted octanol–water partition coefficient (Wildman–Crippen LogP) is 2.82. The van der Waals surface area contributed by atoms with Gasteiger partial charge in [0.25, 0.3) is 0 Å². The summed E-state index contributed by atoms with van der Waals surface area (Å²) in [6, 6.07) is 3.98. The highest BCUT2D eigenvalue weighted by atomic mass is 32.2. The van der Waals surface area contributed by atoms with Crippen molar-refractivity contribution < 1.29 is 4.42 Å². The van der Waals surface area contributed by atoms with Gasteiger partial charge in [-0.25, -0.2) is 4.98 Å². The fourth-order valence-electron chi connectivity index (χ4n) is 1.43. The van der Waals surface area contributed by atoms with Crippen LogP contribution in [0.5, 0.6) is 0 Å². The monoisotopic (exact) mass is 278 g/mol. The molecular formula is C11H10N4OS2. The van der Waals surface area contributed by atoms with Crippen molar-refractivity contribution in [1.29, 1.82) is 0 Å². The van der Waals surface area contributed by atoms with Gasteiger partial charge in [0.15, 0.2) is 5.16 Å². The number of hydrogen-bond donors (Lipinski definition) is 0. The van der Waals surface area contributed by atoms with Crippen molar-refractivity contribution in [1.82, 2.24) is 19.7 Å². The van der Waals surface area contributed by atoms with E-state index in [9.17, 15) is 0 Å². The van der Waals surface area contributed by atoms with Crippen LogP contribution >= 0.6 is 23.1 Å². The van der Waals surface area contributed by atoms with Gasteiger partial charge in [-0.3, -0.25) is 0 Å². The molecule has 0 saturated carbocycles. The summed E-state index contributed by atoms with van der Waals surface area (Å²) in [5, 5.41) is 10.7. The van der Waals surface area contributed by atoms with Crippen LogP contribution in [0.25, 0.3) is 10.8 Å². The number of aryl methyl sites for hydroxylation is 1. The summed E-state index contributed by atoms with van der Waals surface area (Å²) in [7, 11) is 1.92. The van der Waals surface area contributed by atoms with Gasteiger partial charge in [0, 0.05) is 12.8 Å². The zero-order valence-corrected chi connectivity index (χ0v) is 11.2. The molecule has 3 aromatic heterocycles. The van der Waals surface area contributed by atoms with Crippen LogP contribution in [0.1, 0.15) is 5.69 Å². The van der Waals surface area contributed by atoms with Crippen molar-refractivity contribution in [3.63, 3.8) is 0 Å². The lowest BCUT2D eigenvalue weighted by molar-refractivity contribution is 0.575. The maximum atomic E-state index is 5.45. The number of aromatic nitrogens is 4. The topological polar surface area (TPSA) is 56.7 Å². The zero-order valence-electron chi connectivity index (χ0n) is 9.61. The van der Waals surface area contributed by atoms with Gasteiger partial charge in [0.05, 0.1) is 10.6 Å². The summed E-state index contributed by atoms with van der Waals surface area (Å²) in [5.41, 5.74) is 0.909. The lowest BCUT2D eigenvalue weighted by Crippen LogP contribution is -1.89. The zero-order chi connectivity index (χ0) is 12.4. The van der Waals surface area contributed by atoms with E-state index in [1.807, 2.05) is 29.1 Å². The molecule has 0 radical (unpaired) electrons. The molecule has 7 heteroatoms. The van der Waals surface area contributed by atoms with Crippen LogP contribution in [0.3, 0.4) is 0 Å². The largest absolute Gasteiger partial charge is 0.444 e. The highest BCUT2D eigenvalue weighted by molar-refractivity contribution is 7.98. The van der Waals surface area contributed by atoms with E-state index in [-0.39, 0.29) is 0 Å². The fraction of sp³-hybridized carbons (Fsp3) is 0.182. The maximum absolute atomic E-state index is 5.45. The van der Waals surface area contributed by atoms with Crippen LogP contribution in [0.4, 0.5) is 0 Å². The van der Waals surface area contributed by atoms with Crippen molar-refractivity contribution >= 4 is 23.1 Å². The molecule has 0 atom stereocenters. The second-order valence-corrected chi connectivity index (χ2v) is 5.52. The Morgan fingerprint density at radius 1 is 1.50 bits per heavy atom. The second kappa shape index (κ2) is 4.95. The molecule has 3 rings (SSSR count). The summed E-state index contributed by atoms with van der Waals surface area (Å²) in [6.45, 7) is 0. The van der Waals surface area contributed by atoms with Gasteiger partial charge in [0.1, 0.15) is 12.6 Å². The van der Waals surface area contributed by atoms with Crippen LogP contribution in [0.15, 0.2) is 39.7 Å². The molecule has 3 heterocycles. The summed E-state index contributed by atoms with van der Waals surface area (Å²) in [5.74, 6) is 1.40. The minimum absolute atomic E-state index is 0.679. The minimum atomic E-state index is 0.679. The normalized spacial score (nSPS) is 10.9. The predicted molar refractivity (Wildman–Crippen MR) is 70.4 cm³/mol. The van der Waals surface area contributed by atoms with E-state index in [1.165, 1.54) is 0 Å². The molecule has 0 N–H and O–H groups in total. The lowest BCUT2D eigenvalue weighted by atomic mass is 10.5. The summed E-state index contributed by atoms with van der Waals surface area (Å²) < 4.78 is 7.33. The first-order chi connectivity index (χ1) is 8.83. The number of rotatable bonds is 4. The van der Waals surface area contributed by atoms with E-state index in [1.54, 1.807) is 35.7 Å². The Hall–Kier alpha value is -1.60. The summed E-state index contributed by atoms with van der Waals surface area (Å²) in [4.78, 5) is 5.49. The van der Waals surface area contributed by atoms with Crippen molar-refractivity contribution in [3.05, 3.63) is 35.8 Å². The van der Waals surface area contributed by atoms with Crippen molar-refractivity contribution in [3.8, 4) is 10.8 Å². The number of thiophene rings is 1. The molecule has 0 saturated heterocycles. The van der Waals surface area contributed by atoms with Gasteiger partial charge in [0.2, 0.25) is 5.89 Å². The Kier molecular flexibility index (Phi) is 3.16. The van der Waals surface area contributed by atoms with Gasteiger partial charge < -0.3 is 8.98 Å². The van der Waals surface area contributed by atoms with E-state index >= 15 is 0 Å². The number of nitrogens with zero attached hydrogens (tertiary/aromatic N) is 4. The molecule has 0 aliphatic heterocycles. The van der Waals surface area contributed by atoms with Gasteiger partial charge in [-0.1, -0.05) is 17.8 Å². The van der Waals surface area contributed by atoms with Crippen molar-refractivity contribution in [2.24, 2.45) is 7.05 Å². The molecule has 0 unspecified atom stereocenters. The molecule has 0 aliphatic carbocycles. The van der Waals surface area contributed by atoms with Gasteiger partial charge in [-0.2, -0.15) is 0 Å². The van der Waals surface area contributed by atoms with E-state index in [4.69, 9.17) is 4.42 Å². The Labute approximate surface area is 112 Å². The molecule has 0 aromatic carbocycles. The Bertz CT molecular complexity index is 629. The SMILES string of the molecule is Cn1cnnc1SCc1coc(-c2cccs2)n1. The third-order valence-electron chi connectivity index (χ3n) is 2.30. The number of oxazole rings is 1. The molecule has 18 heavy (non-hydrogen) atoms. The van der Waals surface area contributed by atoms with Crippen LogP contribution in [0, 0.1) is 0 Å². The quantitative estimate of drug-likeness (QED) is 0.687. The first kappa shape index (κ1) is 11.5. The molecular weight excluding hydrogens is 268 g/mol. The second-order valence-electron chi connectivity index (χ2n) is 3.63. The first-order valence-electron chi connectivity index (χ1n) is 5.28. The Morgan fingerprint density at radius 2 is 2.44 bits per heavy atom. The van der Waals surface area contributed by atoms with Crippen LogP contribution < -0.4 is 0 Å². The third kappa shape index (κ3) is 2.32. The van der Waals surface area contributed by atoms with E-state index in [0.717, 1.165) is 21.5 Å². The highest BCUT2D eigenvalue weighted by Gasteiger charge is 2.09. The lowest BCUT2D eigenvalue weighted by Gasteiger charge is -1.96.